The topological polar surface area (TPSA) is 0 Å². The van der Waals surface area contributed by atoms with Crippen molar-refractivity contribution in [2.75, 3.05) is 0 Å². The van der Waals surface area contributed by atoms with Crippen LogP contribution >= 0.6 is 0 Å². The number of halogens is 2. The Morgan fingerprint density at radius 2 is 1.66 bits per heavy atom. The van der Waals surface area contributed by atoms with Gasteiger partial charge in [0.25, 0.3) is 5.92 Å². The van der Waals surface area contributed by atoms with Gasteiger partial charge in [-0.3, -0.25) is 0 Å². The molecule has 0 aliphatic heterocycles. The molecule has 3 rings (SSSR count). The highest BCUT2D eigenvalue weighted by molar-refractivity contribution is 5.47. The predicted molar refractivity (Wildman–Crippen MR) is 120 cm³/mol. The molecule has 0 N–H and O–H groups in total. The molecule has 2 saturated carbocycles. The van der Waals surface area contributed by atoms with Gasteiger partial charge in [-0.2, -0.15) is 0 Å². The third kappa shape index (κ3) is 6.27. The monoisotopic (exact) mass is 400 g/mol. The molecule has 2 heteroatoms. The Bertz CT molecular complexity index is 650. The van der Waals surface area contributed by atoms with Crippen LogP contribution in [0.25, 0.3) is 6.08 Å². The molecule has 2 fully saturated rings. The molecule has 2 aliphatic rings. The summed E-state index contributed by atoms with van der Waals surface area (Å²) < 4.78 is 29.0. The normalized spacial score (nSPS) is 29.8. The minimum Gasteiger partial charge on any atom is -0.207 e. The summed E-state index contributed by atoms with van der Waals surface area (Å²) in [6, 6.07) is 8.54. The first-order valence-electron chi connectivity index (χ1n) is 11.8. The smallest absolute Gasteiger partial charge is 0.207 e. The van der Waals surface area contributed by atoms with Crippen molar-refractivity contribution >= 4 is 6.08 Å². The molecule has 29 heavy (non-hydrogen) atoms. The highest BCUT2D eigenvalue weighted by atomic mass is 19.3. The summed E-state index contributed by atoms with van der Waals surface area (Å²) in [6.07, 6.45) is 16.8. The van der Waals surface area contributed by atoms with Crippen molar-refractivity contribution in [3.63, 3.8) is 0 Å². The van der Waals surface area contributed by atoms with E-state index in [2.05, 4.69) is 43.0 Å². The molecule has 2 aliphatic carbocycles. The van der Waals surface area contributed by atoms with Crippen LogP contribution in [0.15, 0.2) is 43.0 Å². The molecule has 0 bridgehead atoms. The van der Waals surface area contributed by atoms with Crippen LogP contribution in [0, 0.1) is 23.7 Å². The van der Waals surface area contributed by atoms with Crippen molar-refractivity contribution in [2.24, 2.45) is 23.7 Å². The van der Waals surface area contributed by atoms with Crippen molar-refractivity contribution in [2.45, 2.75) is 83.5 Å². The van der Waals surface area contributed by atoms with Crippen LogP contribution in [0.1, 0.15) is 82.3 Å². The fraction of sp³-hybridized carbons (Fsp3) is 0.630. The molecule has 2 atom stereocenters. The lowest BCUT2D eigenvalue weighted by molar-refractivity contribution is -0.115. The zero-order chi connectivity index (χ0) is 20.7. The maximum atomic E-state index is 14.5. The van der Waals surface area contributed by atoms with Crippen LogP contribution < -0.4 is 0 Å². The Morgan fingerprint density at radius 3 is 2.28 bits per heavy atom. The van der Waals surface area contributed by atoms with Gasteiger partial charge in [-0.05, 0) is 86.7 Å². The maximum Gasteiger partial charge on any atom is 0.251 e. The molecular weight excluding hydrogens is 362 g/mol. The van der Waals surface area contributed by atoms with E-state index >= 15 is 0 Å². The van der Waals surface area contributed by atoms with E-state index in [1.807, 2.05) is 13.0 Å². The van der Waals surface area contributed by atoms with Crippen molar-refractivity contribution in [1.29, 1.82) is 0 Å². The average molecular weight is 401 g/mol. The summed E-state index contributed by atoms with van der Waals surface area (Å²) in [4.78, 5) is 0. The van der Waals surface area contributed by atoms with E-state index in [0.717, 1.165) is 56.4 Å². The van der Waals surface area contributed by atoms with E-state index in [0.29, 0.717) is 12.3 Å². The molecular formula is C27H38F2. The second-order valence-electron chi connectivity index (χ2n) is 9.43. The van der Waals surface area contributed by atoms with Gasteiger partial charge in [0.05, 0.1) is 0 Å². The molecule has 0 amide bonds. The standard InChI is InChI=1S/C27H38F2/c1-3-7-26-19-18-25(20-27(26,28)29)24-16-14-23(15-17-24)9-6-5-8-22-12-10-21(4-2)11-13-22/h4-6,10-13,23-26H,2-3,7-9,14-20H2,1H3/b6-5-. The van der Waals surface area contributed by atoms with Crippen LogP contribution in [0.5, 0.6) is 0 Å². The van der Waals surface area contributed by atoms with E-state index in [1.165, 1.54) is 18.4 Å². The Labute approximate surface area is 176 Å². The van der Waals surface area contributed by atoms with E-state index in [-0.39, 0.29) is 18.3 Å². The SMILES string of the molecule is C=Cc1ccc(C/C=C\CC2CCC(C3CCC(CCC)C(F)(F)C3)CC2)cc1. The van der Waals surface area contributed by atoms with Crippen molar-refractivity contribution in [3.8, 4) is 0 Å². The third-order valence-electron chi connectivity index (χ3n) is 7.42. The molecule has 1 aromatic rings. The van der Waals surface area contributed by atoms with E-state index in [1.54, 1.807) is 0 Å². The van der Waals surface area contributed by atoms with E-state index in [4.69, 9.17) is 0 Å². The van der Waals surface area contributed by atoms with Gasteiger partial charge in [-0.15, -0.1) is 0 Å². The number of benzene rings is 1. The van der Waals surface area contributed by atoms with Crippen molar-refractivity contribution < 1.29 is 8.78 Å². The number of hydrogen-bond acceptors (Lipinski definition) is 0. The van der Waals surface area contributed by atoms with Gasteiger partial charge in [0.2, 0.25) is 0 Å². The van der Waals surface area contributed by atoms with Crippen molar-refractivity contribution in [1.82, 2.24) is 0 Å². The number of hydrogen-bond donors (Lipinski definition) is 0. The van der Waals surface area contributed by atoms with E-state index in [9.17, 15) is 8.78 Å². The van der Waals surface area contributed by atoms with Crippen LogP contribution in [-0.4, -0.2) is 5.92 Å². The lowest BCUT2D eigenvalue weighted by Gasteiger charge is -2.41. The summed E-state index contributed by atoms with van der Waals surface area (Å²) in [5, 5.41) is 0. The van der Waals surface area contributed by atoms with Crippen LogP contribution in [0.3, 0.4) is 0 Å². The fourth-order valence-electron chi connectivity index (χ4n) is 5.54. The molecule has 0 aromatic heterocycles. The molecule has 0 heterocycles. The van der Waals surface area contributed by atoms with Gasteiger partial charge >= 0.3 is 0 Å². The highest BCUT2D eigenvalue weighted by Gasteiger charge is 2.46. The largest absolute Gasteiger partial charge is 0.251 e. The summed E-state index contributed by atoms with van der Waals surface area (Å²) in [6.45, 7) is 5.81. The first-order valence-corrected chi connectivity index (χ1v) is 11.8. The van der Waals surface area contributed by atoms with Crippen LogP contribution in [-0.2, 0) is 6.42 Å². The van der Waals surface area contributed by atoms with Gasteiger partial charge in [-0.1, -0.05) is 62.4 Å². The number of allylic oxidation sites excluding steroid dienone is 2. The first-order chi connectivity index (χ1) is 14.0. The molecule has 0 saturated heterocycles. The molecule has 2 unspecified atom stereocenters. The zero-order valence-corrected chi connectivity index (χ0v) is 18.1. The van der Waals surface area contributed by atoms with Gasteiger partial charge in [0.15, 0.2) is 0 Å². The summed E-state index contributed by atoms with van der Waals surface area (Å²) in [5.74, 6) is -1.26. The lowest BCUT2D eigenvalue weighted by atomic mass is 9.67. The highest BCUT2D eigenvalue weighted by Crippen LogP contribution is 2.48. The quantitative estimate of drug-likeness (QED) is 0.384. The lowest BCUT2D eigenvalue weighted by Crippen LogP contribution is -2.38. The Hall–Kier alpha value is -1.44. The second kappa shape index (κ2) is 10.5. The fourth-order valence-corrected chi connectivity index (χ4v) is 5.54. The molecule has 1 aromatic carbocycles. The maximum absolute atomic E-state index is 14.5. The average Bonchev–Trinajstić information content (AvgIpc) is 2.73. The molecule has 0 nitrogen and oxygen atoms in total. The summed E-state index contributed by atoms with van der Waals surface area (Å²) >= 11 is 0. The van der Waals surface area contributed by atoms with Gasteiger partial charge in [-0.25, -0.2) is 8.78 Å². The van der Waals surface area contributed by atoms with Crippen LogP contribution in [0.2, 0.25) is 0 Å². The summed E-state index contributed by atoms with van der Waals surface area (Å²) in [7, 11) is 0. The van der Waals surface area contributed by atoms with E-state index < -0.39 is 5.92 Å². The number of alkyl halides is 2. The van der Waals surface area contributed by atoms with Gasteiger partial charge < -0.3 is 0 Å². The molecule has 160 valence electrons. The second-order valence-corrected chi connectivity index (χ2v) is 9.43. The van der Waals surface area contributed by atoms with Crippen molar-refractivity contribution in [3.05, 3.63) is 54.1 Å². The van der Waals surface area contributed by atoms with Gasteiger partial charge in [0.1, 0.15) is 0 Å². The Morgan fingerprint density at radius 1 is 0.966 bits per heavy atom. The summed E-state index contributed by atoms with van der Waals surface area (Å²) in [5.41, 5.74) is 2.49. The Kier molecular flexibility index (Phi) is 8.09. The first kappa shape index (κ1) is 22.2. The minimum absolute atomic E-state index is 0.150. The third-order valence-corrected chi connectivity index (χ3v) is 7.42. The molecule has 0 spiro atoms. The minimum atomic E-state index is -2.43. The number of rotatable bonds is 8. The van der Waals surface area contributed by atoms with Crippen LogP contribution in [0.4, 0.5) is 8.78 Å². The van der Waals surface area contributed by atoms with Gasteiger partial charge in [0, 0.05) is 12.3 Å². The zero-order valence-electron chi connectivity index (χ0n) is 18.1. The Balaban J connectivity index is 1.38. The molecule has 0 radical (unpaired) electrons. The predicted octanol–water partition coefficient (Wildman–Crippen LogP) is 8.48.